The van der Waals surface area contributed by atoms with E-state index in [1.807, 2.05) is 6.08 Å². The van der Waals surface area contributed by atoms with Crippen LogP contribution in [-0.2, 0) is 15.7 Å². The predicted molar refractivity (Wildman–Crippen MR) is 78.1 cm³/mol. The van der Waals surface area contributed by atoms with Crippen LogP contribution in [0.25, 0.3) is 6.08 Å². The molecule has 2 nitrogen and oxygen atoms in total. The second-order valence-corrected chi connectivity index (χ2v) is 4.88. The van der Waals surface area contributed by atoms with E-state index in [2.05, 4.69) is 0 Å². The van der Waals surface area contributed by atoms with Crippen LogP contribution in [0.5, 0.6) is 0 Å². The second kappa shape index (κ2) is 6.75. The molecular formula is C17H15F3O2. The Bertz CT molecular complexity index is 640. The van der Waals surface area contributed by atoms with Crippen LogP contribution < -0.4 is 0 Å². The van der Waals surface area contributed by atoms with Crippen molar-refractivity contribution in [3.63, 3.8) is 0 Å². The first-order valence-corrected chi connectivity index (χ1v) is 6.70. The fraction of sp³-hybridized carbons (Fsp3) is 0.235. The zero-order valence-corrected chi connectivity index (χ0v) is 11.9. The van der Waals surface area contributed by atoms with Crippen LogP contribution in [0.1, 0.15) is 17.5 Å². The molecule has 0 N–H and O–H groups in total. The molecule has 1 aliphatic carbocycles. The lowest BCUT2D eigenvalue weighted by atomic mass is 9.98. The van der Waals surface area contributed by atoms with Crippen molar-refractivity contribution < 1.29 is 22.7 Å². The van der Waals surface area contributed by atoms with Gasteiger partial charge in [0.05, 0.1) is 11.7 Å². The number of methoxy groups -OCH3 is 1. The van der Waals surface area contributed by atoms with Crippen molar-refractivity contribution in [3.05, 3.63) is 65.3 Å². The van der Waals surface area contributed by atoms with Crippen molar-refractivity contribution in [2.75, 3.05) is 7.11 Å². The molecule has 5 heteroatoms. The van der Waals surface area contributed by atoms with Gasteiger partial charge in [0.1, 0.15) is 0 Å². The summed E-state index contributed by atoms with van der Waals surface area (Å²) >= 11 is 0. The molecule has 0 radical (unpaired) electrons. The lowest BCUT2D eigenvalue weighted by Crippen LogP contribution is -2.14. The number of halogens is 3. The molecule has 1 aliphatic rings. The number of carbonyl (C=O) groups excluding carboxylic acids is 1. The van der Waals surface area contributed by atoms with E-state index in [1.165, 1.54) is 24.3 Å². The molecule has 0 heterocycles. The minimum atomic E-state index is -4.39. The van der Waals surface area contributed by atoms with Crippen LogP contribution in [0.4, 0.5) is 13.2 Å². The largest absolute Gasteiger partial charge is 0.416 e. The molecule has 0 saturated carbocycles. The molecule has 0 aliphatic heterocycles. The standard InChI is InChI=1S/C17H15F3O2/c1-22-15-7-3-5-13(11-15)16(21)9-8-12-4-2-6-14(10-12)17(18,19)20/h2-10,15H,11H2,1H3/b9-8+. The van der Waals surface area contributed by atoms with Gasteiger partial charge in [-0.15, -0.1) is 0 Å². The summed E-state index contributed by atoms with van der Waals surface area (Å²) in [5, 5.41) is 0. The summed E-state index contributed by atoms with van der Waals surface area (Å²) < 4.78 is 43.0. The van der Waals surface area contributed by atoms with Gasteiger partial charge in [-0.1, -0.05) is 36.4 Å². The first-order valence-electron chi connectivity index (χ1n) is 6.70. The van der Waals surface area contributed by atoms with Crippen molar-refractivity contribution in [3.8, 4) is 0 Å². The van der Waals surface area contributed by atoms with Gasteiger partial charge >= 0.3 is 6.18 Å². The number of alkyl halides is 3. The Morgan fingerprint density at radius 1 is 1.36 bits per heavy atom. The van der Waals surface area contributed by atoms with Crippen molar-refractivity contribution in [2.45, 2.75) is 18.7 Å². The van der Waals surface area contributed by atoms with Gasteiger partial charge in [-0.2, -0.15) is 13.2 Å². The molecule has 0 fully saturated rings. The molecule has 1 atom stereocenters. The van der Waals surface area contributed by atoms with Crippen LogP contribution in [0.15, 0.2) is 54.1 Å². The topological polar surface area (TPSA) is 26.3 Å². The lowest BCUT2D eigenvalue weighted by molar-refractivity contribution is -0.137. The van der Waals surface area contributed by atoms with Gasteiger partial charge in [0.2, 0.25) is 0 Å². The van der Waals surface area contributed by atoms with E-state index in [-0.39, 0.29) is 11.9 Å². The number of carbonyl (C=O) groups is 1. The summed E-state index contributed by atoms with van der Waals surface area (Å²) in [7, 11) is 1.56. The number of rotatable bonds is 4. The maximum absolute atomic E-state index is 12.6. The smallest absolute Gasteiger partial charge is 0.377 e. The summed E-state index contributed by atoms with van der Waals surface area (Å²) in [4.78, 5) is 12.0. The van der Waals surface area contributed by atoms with E-state index in [9.17, 15) is 18.0 Å². The number of ether oxygens (including phenoxy) is 1. The highest BCUT2D eigenvalue weighted by Crippen LogP contribution is 2.29. The zero-order chi connectivity index (χ0) is 16.2. The highest BCUT2D eigenvalue weighted by atomic mass is 19.4. The zero-order valence-electron chi connectivity index (χ0n) is 11.9. The summed E-state index contributed by atoms with van der Waals surface area (Å²) in [6.45, 7) is 0. The average molecular weight is 308 g/mol. The van der Waals surface area contributed by atoms with Crippen LogP contribution >= 0.6 is 0 Å². The molecule has 0 aromatic heterocycles. The Morgan fingerprint density at radius 2 is 2.14 bits per heavy atom. The van der Waals surface area contributed by atoms with Crippen molar-refractivity contribution >= 4 is 11.9 Å². The molecule has 0 amide bonds. The van der Waals surface area contributed by atoms with Crippen molar-refractivity contribution in [2.24, 2.45) is 0 Å². The van der Waals surface area contributed by atoms with Gasteiger partial charge in [0.15, 0.2) is 5.78 Å². The lowest BCUT2D eigenvalue weighted by Gasteiger charge is -2.15. The predicted octanol–water partition coefficient (Wildman–Crippen LogP) is 4.19. The highest BCUT2D eigenvalue weighted by molar-refractivity contribution is 6.06. The number of allylic oxidation sites excluding steroid dienone is 3. The van der Waals surface area contributed by atoms with E-state index < -0.39 is 11.7 Å². The van der Waals surface area contributed by atoms with Gasteiger partial charge in [-0.25, -0.2) is 0 Å². The Hall–Kier alpha value is -2.14. The molecule has 0 saturated heterocycles. The third kappa shape index (κ3) is 4.18. The number of hydrogen-bond donors (Lipinski definition) is 0. The van der Waals surface area contributed by atoms with E-state index in [4.69, 9.17) is 4.74 Å². The molecule has 2 rings (SSSR count). The molecule has 1 aromatic carbocycles. The molecule has 22 heavy (non-hydrogen) atoms. The Morgan fingerprint density at radius 3 is 2.82 bits per heavy atom. The highest BCUT2D eigenvalue weighted by Gasteiger charge is 2.30. The Kier molecular flexibility index (Phi) is 4.98. The fourth-order valence-electron chi connectivity index (χ4n) is 2.09. The minimum Gasteiger partial charge on any atom is -0.377 e. The average Bonchev–Trinajstić information content (AvgIpc) is 2.52. The number of ketones is 1. The fourth-order valence-corrected chi connectivity index (χ4v) is 2.09. The van der Waals surface area contributed by atoms with Crippen LogP contribution in [0.2, 0.25) is 0 Å². The normalized spacial score (nSPS) is 18.5. The maximum Gasteiger partial charge on any atom is 0.416 e. The van der Waals surface area contributed by atoms with Gasteiger partial charge in [0, 0.05) is 19.1 Å². The Balaban J connectivity index is 2.11. The summed E-state index contributed by atoms with van der Waals surface area (Å²) in [5.41, 5.74) is 0.164. The van der Waals surface area contributed by atoms with Crippen molar-refractivity contribution in [1.29, 1.82) is 0 Å². The monoisotopic (exact) mass is 308 g/mol. The quantitative estimate of drug-likeness (QED) is 0.780. The minimum absolute atomic E-state index is 0.147. The maximum atomic E-state index is 12.6. The molecule has 116 valence electrons. The molecular weight excluding hydrogens is 293 g/mol. The first-order chi connectivity index (χ1) is 10.4. The van der Waals surface area contributed by atoms with Crippen LogP contribution in [0.3, 0.4) is 0 Å². The summed E-state index contributed by atoms with van der Waals surface area (Å²) in [6.07, 6.45) is 3.86. The van der Waals surface area contributed by atoms with Gasteiger partial charge in [-0.3, -0.25) is 4.79 Å². The van der Waals surface area contributed by atoms with Crippen molar-refractivity contribution in [1.82, 2.24) is 0 Å². The summed E-state index contributed by atoms with van der Waals surface area (Å²) in [5.74, 6) is -0.233. The van der Waals surface area contributed by atoms with Crippen LogP contribution in [-0.4, -0.2) is 19.0 Å². The van der Waals surface area contributed by atoms with E-state index in [0.29, 0.717) is 17.6 Å². The van der Waals surface area contributed by atoms with Gasteiger partial charge in [-0.05, 0) is 23.8 Å². The third-order valence-corrected chi connectivity index (χ3v) is 3.30. The van der Waals surface area contributed by atoms with Crippen LogP contribution in [0, 0.1) is 0 Å². The molecule has 0 spiro atoms. The number of hydrogen-bond acceptors (Lipinski definition) is 2. The van der Waals surface area contributed by atoms with Gasteiger partial charge in [0.25, 0.3) is 0 Å². The van der Waals surface area contributed by atoms with E-state index in [1.54, 1.807) is 19.3 Å². The molecule has 1 aromatic rings. The Labute approximate surface area is 126 Å². The summed E-state index contributed by atoms with van der Waals surface area (Å²) in [6, 6.07) is 4.84. The van der Waals surface area contributed by atoms with E-state index >= 15 is 0 Å². The number of benzene rings is 1. The van der Waals surface area contributed by atoms with Gasteiger partial charge < -0.3 is 4.74 Å². The first kappa shape index (κ1) is 16.2. The second-order valence-electron chi connectivity index (χ2n) is 4.88. The van der Waals surface area contributed by atoms with E-state index in [0.717, 1.165) is 12.1 Å². The SMILES string of the molecule is COC1C=CC=C(C(=O)/C=C/c2cccc(C(F)(F)F)c2)C1. The molecule has 1 unspecified atom stereocenters. The third-order valence-electron chi connectivity index (χ3n) is 3.30. The molecule has 0 bridgehead atoms.